The first-order chi connectivity index (χ1) is 12.0. The number of halogens is 2. The summed E-state index contributed by atoms with van der Waals surface area (Å²) in [5.41, 5.74) is -0.344. The minimum Gasteiger partial charge on any atom is -0.488 e. The Morgan fingerprint density at radius 3 is 2.46 bits per heavy atom. The van der Waals surface area contributed by atoms with Crippen LogP contribution >= 0.6 is 0 Å². The highest BCUT2D eigenvalue weighted by atomic mass is 19.1. The first-order valence-corrected chi connectivity index (χ1v) is 8.46. The largest absolute Gasteiger partial charge is 0.488 e. The standard InChI is InChI=1S/C18H28F2N2O4/c1-11(9-23)21-8-13-6-14(19)7-15(20)16(13)25-10-12(2)22-17(24)26-18(3,4)5/h6-7,11-12,21,23H,8-10H2,1-5H3,(H,22,24)/t11-,12-/m1/s1. The summed E-state index contributed by atoms with van der Waals surface area (Å²) in [6.45, 7) is 8.64. The van der Waals surface area contributed by atoms with Gasteiger partial charge in [-0.3, -0.25) is 0 Å². The number of amides is 1. The highest BCUT2D eigenvalue weighted by Crippen LogP contribution is 2.24. The smallest absolute Gasteiger partial charge is 0.407 e. The lowest BCUT2D eigenvalue weighted by Crippen LogP contribution is -2.40. The summed E-state index contributed by atoms with van der Waals surface area (Å²) in [5, 5.41) is 14.6. The molecule has 0 fully saturated rings. The molecule has 6 nitrogen and oxygen atoms in total. The Morgan fingerprint density at radius 2 is 1.88 bits per heavy atom. The third-order valence-corrected chi connectivity index (χ3v) is 3.24. The molecule has 2 atom stereocenters. The van der Waals surface area contributed by atoms with E-state index in [4.69, 9.17) is 14.6 Å². The molecule has 0 aliphatic rings. The Hall–Kier alpha value is -1.93. The third-order valence-electron chi connectivity index (χ3n) is 3.24. The molecular weight excluding hydrogens is 346 g/mol. The Kier molecular flexibility index (Phi) is 8.23. The van der Waals surface area contributed by atoms with E-state index in [2.05, 4.69) is 10.6 Å². The van der Waals surface area contributed by atoms with Crippen molar-refractivity contribution in [2.24, 2.45) is 0 Å². The van der Waals surface area contributed by atoms with E-state index in [1.165, 1.54) is 6.07 Å². The number of benzene rings is 1. The van der Waals surface area contributed by atoms with Gasteiger partial charge in [-0.15, -0.1) is 0 Å². The molecule has 0 aromatic heterocycles. The molecule has 1 aromatic rings. The lowest BCUT2D eigenvalue weighted by Gasteiger charge is -2.22. The van der Waals surface area contributed by atoms with Crippen molar-refractivity contribution >= 4 is 6.09 Å². The van der Waals surface area contributed by atoms with E-state index in [0.717, 1.165) is 6.07 Å². The molecule has 0 saturated carbocycles. The van der Waals surface area contributed by atoms with Crippen LogP contribution in [0.15, 0.2) is 12.1 Å². The van der Waals surface area contributed by atoms with E-state index in [1.807, 2.05) is 0 Å². The zero-order chi connectivity index (χ0) is 19.9. The maximum Gasteiger partial charge on any atom is 0.407 e. The second-order valence-corrected chi connectivity index (χ2v) is 7.20. The molecule has 1 aromatic carbocycles. The van der Waals surface area contributed by atoms with E-state index in [-0.39, 0.29) is 37.1 Å². The number of hydrogen-bond acceptors (Lipinski definition) is 5. The summed E-state index contributed by atoms with van der Waals surface area (Å²) in [5.74, 6) is -1.65. The van der Waals surface area contributed by atoms with Crippen molar-refractivity contribution in [1.29, 1.82) is 0 Å². The van der Waals surface area contributed by atoms with E-state index in [0.29, 0.717) is 0 Å². The summed E-state index contributed by atoms with van der Waals surface area (Å²) in [6.07, 6.45) is -0.605. The van der Waals surface area contributed by atoms with Crippen LogP contribution in [0.3, 0.4) is 0 Å². The van der Waals surface area contributed by atoms with Crippen LogP contribution in [0.1, 0.15) is 40.2 Å². The molecule has 1 amide bonds. The average molecular weight is 374 g/mol. The van der Waals surface area contributed by atoms with Crippen molar-refractivity contribution < 1.29 is 28.2 Å². The first kappa shape index (κ1) is 22.1. The molecule has 26 heavy (non-hydrogen) atoms. The molecule has 0 unspecified atom stereocenters. The Bertz CT molecular complexity index is 606. The number of aliphatic hydroxyl groups excluding tert-OH is 1. The van der Waals surface area contributed by atoms with E-state index >= 15 is 0 Å². The number of rotatable bonds is 8. The van der Waals surface area contributed by atoms with Crippen LogP contribution in [0, 0.1) is 11.6 Å². The SMILES string of the molecule is C[C@H](CO)NCc1cc(F)cc(F)c1OC[C@@H](C)NC(=O)OC(C)(C)C. The van der Waals surface area contributed by atoms with Crippen molar-refractivity contribution in [2.75, 3.05) is 13.2 Å². The molecular formula is C18H28F2N2O4. The van der Waals surface area contributed by atoms with E-state index in [1.54, 1.807) is 34.6 Å². The second-order valence-electron chi connectivity index (χ2n) is 7.20. The fraction of sp³-hybridized carbons (Fsp3) is 0.611. The molecule has 0 radical (unpaired) electrons. The Labute approximate surface area is 152 Å². The number of ether oxygens (including phenoxy) is 2. The van der Waals surface area contributed by atoms with Crippen molar-refractivity contribution in [3.05, 3.63) is 29.3 Å². The van der Waals surface area contributed by atoms with Gasteiger partial charge in [0, 0.05) is 24.2 Å². The van der Waals surface area contributed by atoms with Gasteiger partial charge >= 0.3 is 6.09 Å². The quantitative estimate of drug-likeness (QED) is 0.652. The molecule has 0 aliphatic heterocycles. The molecule has 0 heterocycles. The Morgan fingerprint density at radius 1 is 1.23 bits per heavy atom. The van der Waals surface area contributed by atoms with Crippen LogP contribution in [0.2, 0.25) is 0 Å². The normalized spacial score (nSPS) is 13.8. The van der Waals surface area contributed by atoms with Gasteiger partial charge in [-0.2, -0.15) is 0 Å². The van der Waals surface area contributed by atoms with Crippen molar-refractivity contribution in [1.82, 2.24) is 10.6 Å². The minimum absolute atomic E-state index is 0.0235. The summed E-state index contributed by atoms with van der Waals surface area (Å²) in [7, 11) is 0. The number of nitrogens with one attached hydrogen (secondary N) is 2. The molecule has 0 bridgehead atoms. The van der Waals surface area contributed by atoms with Crippen molar-refractivity contribution in [3.8, 4) is 5.75 Å². The number of alkyl carbamates (subject to hydrolysis) is 1. The van der Waals surface area contributed by atoms with Gasteiger partial charge < -0.3 is 25.2 Å². The molecule has 0 aliphatic carbocycles. The topological polar surface area (TPSA) is 79.8 Å². The van der Waals surface area contributed by atoms with Gasteiger partial charge in [0.2, 0.25) is 0 Å². The molecule has 148 valence electrons. The minimum atomic E-state index is -0.831. The summed E-state index contributed by atoms with van der Waals surface area (Å²) in [4.78, 5) is 11.7. The van der Waals surface area contributed by atoms with Gasteiger partial charge in [-0.05, 0) is 40.7 Å². The predicted octanol–water partition coefficient (Wildman–Crippen LogP) is 2.73. The molecule has 0 spiro atoms. The number of carbonyl (C=O) groups excluding carboxylic acids is 1. The lowest BCUT2D eigenvalue weighted by atomic mass is 10.1. The number of aliphatic hydroxyl groups is 1. The fourth-order valence-corrected chi connectivity index (χ4v) is 2.01. The van der Waals surface area contributed by atoms with Gasteiger partial charge in [0.15, 0.2) is 11.6 Å². The highest BCUT2D eigenvalue weighted by Gasteiger charge is 2.19. The van der Waals surface area contributed by atoms with E-state index in [9.17, 15) is 13.6 Å². The third kappa shape index (κ3) is 7.97. The Balaban J connectivity index is 2.71. The lowest BCUT2D eigenvalue weighted by molar-refractivity contribution is 0.0493. The van der Waals surface area contributed by atoms with Gasteiger partial charge in [0.05, 0.1) is 12.6 Å². The molecule has 3 N–H and O–H groups in total. The van der Waals surface area contributed by atoms with Crippen LogP contribution < -0.4 is 15.4 Å². The molecule has 0 saturated heterocycles. The van der Waals surface area contributed by atoms with Crippen LogP contribution in [-0.2, 0) is 11.3 Å². The summed E-state index contributed by atoms with van der Waals surface area (Å²) in [6, 6.07) is 1.22. The second kappa shape index (κ2) is 9.68. The summed E-state index contributed by atoms with van der Waals surface area (Å²) >= 11 is 0. The van der Waals surface area contributed by atoms with Crippen LogP contribution in [-0.4, -0.2) is 42.1 Å². The molecule has 8 heteroatoms. The zero-order valence-electron chi connectivity index (χ0n) is 15.9. The van der Waals surface area contributed by atoms with Gasteiger partial charge in [0.1, 0.15) is 18.0 Å². The number of carbonyl (C=O) groups is 1. The van der Waals surface area contributed by atoms with Gasteiger partial charge in [-0.1, -0.05) is 0 Å². The van der Waals surface area contributed by atoms with Crippen molar-refractivity contribution in [3.63, 3.8) is 0 Å². The monoisotopic (exact) mass is 374 g/mol. The zero-order valence-corrected chi connectivity index (χ0v) is 15.9. The average Bonchev–Trinajstić information content (AvgIpc) is 2.49. The van der Waals surface area contributed by atoms with Gasteiger partial charge in [0.25, 0.3) is 0 Å². The van der Waals surface area contributed by atoms with Gasteiger partial charge in [-0.25, -0.2) is 13.6 Å². The van der Waals surface area contributed by atoms with Crippen LogP contribution in [0.5, 0.6) is 5.75 Å². The van der Waals surface area contributed by atoms with Crippen molar-refractivity contribution in [2.45, 2.75) is 58.8 Å². The molecule has 1 rings (SSSR count). The fourth-order valence-electron chi connectivity index (χ4n) is 2.01. The summed E-state index contributed by atoms with van der Waals surface area (Å²) < 4.78 is 38.2. The maximum absolute atomic E-state index is 14.1. The highest BCUT2D eigenvalue weighted by molar-refractivity contribution is 5.68. The number of hydrogen-bond donors (Lipinski definition) is 3. The first-order valence-electron chi connectivity index (χ1n) is 8.46. The predicted molar refractivity (Wildman–Crippen MR) is 94.1 cm³/mol. The maximum atomic E-state index is 14.1. The van der Waals surface area contributed by atoms with Crippen LogP contribution in [0.4, 0.5) is 13.6 Å². The van der Waals surface area contributed by atoms with Crippen LogP contribution in [0.25, 0.3) is 0 Å². The van der Waals surface area contributed by atoms with E-state index < -0.39 is 29.4 Å².